The minimum Gasteiger partial charge on any atom is -0.314 e. The third kappa shape index (κ3) is 2.16. The Morgan fingerprint density at radius 1 is 1.45 bits per heavy atom. The van der Waals surface area contributed by atoms with E-state index in [2.05, 4.69) is 12.2 Å². The van der Waals surface area contributed by atoms with Crippen LogP contribution in [0.3, 0.4) is 0 Å². The number of hydrogen-bond donors (Lipinski definition) is 1. The summed E-state index contributed by atoms with van der Waals surface area (Å²) in [5.41, 5.74) is 0.537. The molecule has 11 heavy (non-hydrogen) atoms. The van der Waals surface area contributed by atoms with Crippen molar-refractivity contribution in [3.05, 3.63) is 0 Å². The van der Waals surface area contributed by atoms with E-state index in [1.54, 1.807) is 0 Å². The van der Waals surface area contributed by atoms with Gasteiger partial charge in [0.2, 0.25) is 0 Å². The van der Waals surface area contributed by atoms with Crippen molar-refractivity contribution in [3.8, 4) is 0 Å². The second-order valence-electron chi connectivity index (χ2n) is 3.57. The van der Waals surface area contributed by atoms with Gasteiger partial charge in [0.05, 0.1) is 0 Å². The Kier molecular flexibility index (Phi) is 3.31. The van der Waals surface area contributed by atoms with Crippen molar-refractivity contribution in [1.82, 2.24) is 5.32 Å². The molecule has 2 heteroatoms. The molecule has 0 bridgehead atoms. The van der Waals surface area contributed by atoms with E-state index < -0.39 is 0 Å². The van der Waals surface area contributed by atoms with Crippen molar-refractivity contribution in [3.63, 3.8) is 0 Å². The number of hydrogen-bond acceptors (Lipinski definition) is 1. The Morgan fingerprint density at radius 2 is 2.18 bits per heavy atom. The summed E-state index contributed by atoms with van der Waals surface area (Å²) in [6, 6.07) is 0. The molecule has 1 nitrogen and oxygen atoms in total. The van der Waals surface area contributed by atoms with Crippen LogP contribution in [-0.2, 0) is 0 Å². The van der Waals surface area contributed by atoms with Crippen LogP contribution in [0.15, 0.2) is 0 Å². The van der Waals surface area contributed by atoms with E-state index in [-0.39, 0.29) is 6.67 Å². The summed E-state index contributed by atoms with van der Waals surface area (Å²) in [7, 11) is 0. The van der Waals surface area contributed by atoms with Crippen molar-refractivity contribution in [2.75, 3.05) is 19.8 Å². The quantitative estimate of drug-likeness (QED) is 0.606. The highest BCUT2D eigenvalue weighted by Gasteiger charge is 2.34. The van der Waals surface area contributed by atoms with Gasteiger partial charge in [-0.05, 0) is 24.7 Å². The van der Waals surface area contributed by atoms with Crippen molar-refractivity contribution in [2.24, 2.45) is 5.41 Å². The van der Waals surface area contributed by atoms with Crippen LogP contribution in [0.5, 0.6) is 0 Å². The van der Waals surface area contributed by atoms with Crippen LogP contribution in [0.4, 0.5) is 4.39 Å². The monoisotopic (exact) mass is 159 g/mol. The Labute approximate surface area is 68.4 Å². The first kappa shape index (κ1) is 8.98. The number of rotatable bonds is 5. The molecular formula is C9H18FN. The van der Waals surface area contributed by atoms with Gasteiger partial charge in [-0.15, -0.1) is 0 Å². The van der Waals surface area contributed by atoms with Crippen molar-refractivity contribution in [2.45, 2.75) is 32.6 Å². The predicted molar refractivity (Wildman–Crippen MR) is 45.4 cm³/mol. The lowest BCUT2D eigenvalue weighted by Crippen LogP contribution is -2.39. The van der Waals surface area contributed by atoms with Gasteiger partial charge in [-0.25, -0.2) is 4.39 Å². The maximum atomic E-state index is 11.7. The van der Waals surface area contributed by atoms with Gasteiger partial charge in [0.15, 0.2) is 0 Å². The first-order chi connectivity index (χ1) is 5.33. The van der Waals surface area contributed by atoms with Gasteiger partial charge in [-0.3, -0.25) is 0 Å². The lowest BCUT2D eigenvalue weighted by atomic mass is 9.67. The topological polar surface area (TPSA) is 12.0 Å². The fourth-order valence-electron chi connectivity index (χ4n) is 1.75. The molecule has 0 aromatic carbocycles. The first-order valence-corrected chi connectivity index (χ1v) is 4.60. The SMILES string of the molecule is CCC1(CNCCF)CCC1. The third-order valence-electron chi connectivity index (χ3n) is 2.94. The summed E-state index contributed by atoms with van der Waals surface area (Å²) in [5, 5.41) is 3.15. The van der Waals surface area contributed by atoms with Gasteiger partial charge < -0.3 is 5.32 Å². The van der Waals surface area contributed by atoms with Gasteiger partial charge in [0.1, 0.15) is 6.67 Å². The fraction of sp³-hybridized carbons (Fsp3) is 1.00. The molecule has 66 valence electrons. The Hall–Kier alpha value is -0.110. The van der Waals surface area contributed by atoms with Crippen molar-refractivity contribution in [1.29, 1.82) is 0 Å². The zero-order valence-corrected chi connectivity index (χ0v) is 7.33. The van der Waals surface area contributed by atoms with Gasteiger partial charge in [0.25, 0.3) is 0 Å². The summed E-state index contributed by atoms with van der Waals surface area (Å²) in [6.07, 6.45) is 5.28. The molecule has 0 amide bonds. The van der Waals surface area contributed by atoms with Crippen molar-refractivity contribution >= 4 is 0 Å². The molecule has 0 aromatic heterocycles. The van der Waals surface area contributed by atoms with Crippen LogP contribution in [0, 0.1) is 5.41 Å². The van der Waals surface area contributed by atoms with Crippen LogP contribution < -0.4 is 5.32 Å². The highest BCUT2D eigenvalue weighted by molar-refractivity contribution is 4.88. The zero-order chi connectivity index (χ0) is 8.16. The summed E-state index contributed by atoms with van der Waals surface area (Å²) < 4.78 is 11.7. The summed E-state index contributed by atoms with van der Waals surface area (Å²) >= 11 is 0. The lowest BCUT2D eigenvalue weighted by molar-refractivity contribution is 0.123. The maximum Gasteiger partial charge on any atom is 0.102 e. The Balaban J connectivity index is 2.11. The standard InChI is InChI=1S/C9H18FN/c1-2-9(4-3-5-9)8-11-7-6-10/h11H,2-8H2,1H3. The molecule has 0 radical (unpaired) electrons. The van der Waals surface area contributed by atoms with E-state index in [1.165, 1.54) is 25.7 Å². The highest BCUT2D eigenvalue weighted by atomic mass is 19.1. The Morgan fingerprint density at radius 3 is 2.55 bits per heavy atom. The fourth-order valence-corrected chi connectivity index (χ4v) is 1.75. The molecule has 0 aromatic rings. The van der Waals surface area contributed by atoms with Crippen LogP contribution in [0.2, 0.25) is 0 Å². The second-order valence-corrected chi connectivity index (χ2v) is 3.57. The van der Waals surface area contributed by atoms with Gasteiger partial charge in [-0.1, -0.05) is 13.3 Å². The van der Waals surface area contributed by atoms with E-state index >= 15 is 0 Å². The van der Waals surface area contributed by atoms with Crippen LogP contribution in [0.25, 0.3) is 0 Å². The molecule has 0 spiro atoms. The smallest absolute Gasteiger partial charge is 0.102 e. The molecule has 1 fully saturated rings. The summed E-state index contributed by atoms with van der Waals surface area (Å²) in [6.45, 7) is 3.55. The molecule has 1 rings (SSSR count). The van der Waals surface area contributed by atoms with E-state index in [0.717, 1.165) is 6.54 Å². The second kappa shape index (κ2) is 4.05. The minimum absolute atomic E-state index is 0.236. The van der Waals surface area contributed by atoms with Crippen LogP contribution >= 0.6 is 0 Å². The van der Waals surface area contributed by atoms with E-state index in [1.807, 2.05) is 0 Å². The minimum atomic E-state index is -0.236. The van der Waals surface area contributed by atoms with E-state index in [9.17, 15) is 4.39 Å². The van der Waals surface area contributed by atoms with Crippen molar-refractivity contribution < 1.29 is 4.39 Å². The molecule has 0 aliphatic heterocycles. The number of nitrogens with one attached hydrogen (secondary N) is 1. The third-order valence-corrected chi connectivity index (χ3v) is 2.94. The molecule has 1 N–H and O–H groups in total. The van der Waals surface area contributed by atoms with E-state index in [0.29, 0.717) is 12.0 Å². The Bertz CT molecular complexity index is 105. The number of halogens is 1. The molecule has 0 atom stereocenters. The largest absolute Gasteiger partial charge is 0.314 e. The predicted octanol–water partition coefficient (Wildman–Crippen LogP) is 2.13. The average Bonchev–Trinajstić information content (AvgIpc) is 1.95. The normalized spacial score (nSPS) is 21.3. The van der Waals surface area contributed by atoms with Gasteiger partial charge in [-0.2, -0.15) is 0 Å². The molecule has 0 heterocycles. The number of alkyl halides is 1. The lowest BCUT2D eigenvalue weighted by Gasteiger charge is -2.41. The zero-order valence-electron chi connectivity index (χ0n) is 7.33. The average molecular weight is 159 g/mol. The van der Waals surface area contributed by atoms with Crippen LogP contribution in [-0.4, -0.2) is 19.8 Å². The molecule has 1 saturated carbocycles. The maximum absolute atomic E-state index is 11.7. The molecule has 1 aliphatic carbocycles. The summed E-state index contributed by atoms with van der Waals surface area (Å²) in [5.74, 6) is 0. The van der Waals surface area contributed by atoms with Gasteiger partial charge >= 0.3 is 0 Å². The van der Waals surface area contributed by atoms with E-state index in [4.69, 9.17) is 0 Å². The highest BCUT2D eigenvalue weighted by Crippen LogP contribution is 2.42. The molecular weight excluding hydrogens is 141 g/mol. The molecule has 0 unspecified atom stereocenters. The molecule has 0 saturated heterocycles. The first-order valence-electron chi connectivity index (χ1n) is 4.60. The van der Waals surface area contributed by atoms with Crippen LogP contribution in [0.1, 0.15) is 32.6 Å². The van der Waals surface area contributed by atoms with Gasteiger partial charge in [0, 0.05) is 13.1 Å². The summed E-state index contributed by atoms with van der Waals surface area (Å²) in [4.78, 5) is 0. The molecule has 1 aliphatic rings.